The van der Waals surface area contributed by atoms with Crippen molar-refractivity contribution in [3.63, 3.8) is 0 Å². The Bertz CT molecular complexity index is 513. The molecule has 1 heterocycles. The van der Waals surface area contributed by atoms with E-state index in [0.717, 1.165) is 11.3 Å². The zero-order valence-electron chi connectivity index (χ0n) is 9.82. The minimum atomic E-state index is -0.305. The van der Waals surface area contributed by atoms with Gasteiger partial charge in [-0.1, -0.05) is 12.2 Å². The van der Waals surface area contributed by atoms with Crippen LogP contribution in [0.5, 0.6) is 0 Å². The number of nitrogen functional groups attached to an aromatic ring is 1. The van der Waals surface area contributed by atoms with Gasteiger partial charge in [-0.05, 0) is 0 Å². The quantitative estimate of drug-likeness (QED) is 0.681. The fraction of sp³-hybridized carbons (Fsp3) is 0.167. The van der Waals surface area contributed by atoms with Crippen LogP contribution >= 0.6 is 11.3 Å². The lowest BCUT2D eigenvalue weighted by molar-refractivity contribution is 0.0963. The Kier molecular flexibility index (Phi) is 4.96. The number of nitrogens with one attached hydrogen (secondary N) is 2. The molecule has 0 unspecified atom stereocenters. The summed E-state index contributed by atoms with van der Waals surface area (Å²) in [5.41, 5.74) is 6.30. The number of carbonyl (C=O) groups excluding carboxylic acids is 1. The van der Waals surface area contributed by atoms with E-state index in [1.807, 2.05) is 6.07 Å². The molecule has 1 aromatic heterocycles. The maximum atomic E-state index is 11.8. The van der Waals surface area contributed by atoms with E-state index in [1.54, 1.807) is 12.2 Å². The predicted octanol–water partition coefficient (Wildman–Crippen LogP) is 1.72. The van der Waals surface area contributed by atoms with Gasteiger partial charge in [-0.3, -0.25) is 4.79 Å². The molecule has 94 valence electrons. The summed E-state index contributed by atoms with van der Waals surface area (Å²) in [5.74, 6) is -0.305. The highest BCUT2D eigenvalue weighted by Crippen LogP contribution is 2.34. The molecular formula is C12H14N4OS. The number of nitrogens with two attached hydrogens (primary N) is 1. The van der Waals surface area contributed by atoms with Crippen LogP contribution in [-0.2, 0) is 0 Å². The van der Waals surface area contributed by atoms with Gasteiger partial charge in [0, 0.05) is 13.1 Å². The molecule has 5 nitrogen and oxygen atoms in total. The second-order valence-electron chi connectivity index (χ2n) is 3.33. The summed E-state index contributed by atoms with van der Waals surface area (Å²) >= 11 is 1.16. The van der Waals surface area contributed by atoms with Crippen LogP contribution in [0.25, 0.3) is 0 Å². The molecule has 0 atom stereocenters. The first kappa shape index (κ1) is 13.8. The molecule has 0 aliphatic rings. The van der Waals surface area contributed by atoms with Gasteiger partial charge in [-0.25, -0.2) is 0 Å². The number of hydrogen-bond acceptors (Lipinski definition) is 5. The average Bonchev–Trinajstić information content (AvgIpc) is 2.69. The third-order valence-electron chi connectivity index (χ3n) is 2.08. The highest BCUT2D eigenvalue weighted by atomic mass is 32.1. The minimum Gasteiger partial charge on any atom is -0.396 e. The lowest BCUT2D eigenvalue weighted by Gasteiger charge is -1.99. The minimum absolute atomic E-state index is 0.204. The molecule has 0 fully saturated rings. The van der Waals surface area contributed by atoms with Crippen molar-refractivity contribution in [3.8, 4) is 6.07 Å². The van der Waals surface area contributed by atoms with Crippen LogP contribution in [0.2, 0.25) is 0 Å². The summed E-state index contributed by atoms with van der Waals surface area (Å²) in [4.78, 5) is 12.1. The van der Waals surface area contributed by atoms with Crippen molar-refractivity contribution < 1.29 is 4.79 Å². The average molecular weight is 262 g/mol. The fourth-order valence-electron chi connectivity index (χ4n) is 1.26. The largest absolute Gasteiger partial charge is 0.396 e. The van der Waals surface area contributed by atoms with Gasteiger partial charge in [0.05, 0.1) is 5.69 Å². The van der Waals surface area contributed by atoms with E-state index in [0.29, 0.717) is 28.5 Å². The molecule has 4 N–H and O–H groups in total. The number of thiophene rings is 1. The summed E-state index contributed by atoms with van der Waals surface area (Å²) in [7, 11) is 0. The van der Waals surface area contributed by atoms with Crippen molar-refractivity contribution >= 4 is 27.9 Å². The number of nitrogens with zero attached hydrogens (tertiary/aromatic N) is 1. The van der Waals surface area contributed by atoms with E-state index < -0.39 is 0 Å². The molecule has 0 spiro atoms. The molecule has 1 aromatic rings. The molecule has 0 saturated carbocycles. The molecule has 1 amide bonds. The van der Waals surface area contributed by atoms with Crippen molar-refractivity contribution in [3.05, 3.63) is 35.8 Å². The van der Waals surface area contributed by atoms with Crippen molar-refractivity contribution in [1.82, 2.24) is 5.32 Å². The number of rotatable bonds is 6. The van der Waals surface area contributed by atoms with Crippen LogP contribution < -0.4 is 16.4 Å². The third kappa shape index (κ3) is 2.90. The predicted molar refractivity (Wildman–Crippen MR) is 74.7 cm³/mol. The molecule has 0 bridgehead atoms. The first-order valence-corrected chi connectivity index (χ1v) is 6.03. The zero-order valence-corrected chi connectivity index (χ0v) is 10.6. The van der Waals surface area contributed by atoms with Crippen LogP contribution in [0, 0.1) is 11.3 Å². The van der Waals surface area contributed by atoms with Gasteiger partial charge in [-0.15, -0.1) is 24.5 Å². The van der Waals surface area contributed by atoms with Gasteiger partial charge < -0.3 is 16.4 Å². The summed E-state index contributed by atoms with van der Waals surface area (Å²) in [6.07, 6.45) is 3.23. The summed E-state index contributed by atoms with van der Waals surface area (Å²) in [6, 6.07) is 1.99. The number of hydrogen-bond donors (Lipinski definition) is 3. The van der Waals surface area contributed by atoms with Crippen LogP contribution in [0.4, 0.5) is 10.7 Å². The smallest absolute Gasteiger partial charge is 0.263 e. The Balaban J connectivity index is 3.03. The van der Waals surface area contributed by atoms with E-state index in [1.165, 1.54) is 0 Å². The van der Waals surface area contributed by atoms with E-state index >= 15 is 0 Å². The summed E-state index contributed by atoms with van der Waals surface area (Å²) in [6.45, 7) is 7.94. The maximum absolute atomic E-state index is 11.8. The molecule has 18 heavy (non-hydrogen) atoms. The van der Waals surface area contributed by atoms with Gasteiger partial charge in [0.2, 0.25) is 0 Å². The van der Waals surface area contributed by atoms with Gasteiger partial charge in [-0.2, -0.15) is 5.26 Å². The molecule has 0 radical (unpaired) electrons. The van der Waals surface area contributed by atoms with Gasteiger partial charge in [0.1, 0.15) is 21.5 Å². The highest BCUT2D eigenvalue weighted by molar-refractivity contribution is 7.18. The number of amides is 1. The molecule has 6 heteroatoms. The lowest BCUT2D eigenvalue weighted by atomic mass is 10.2. The highest BCUT2D eigenvalue weighted by Gasteiger charge is 2.20. The van der Waals surface area contributed by atoms with Gasteiger partial charge in [0.15, 0.2) is 0 Å². The Hall–Kier alpha value is -2.26. The van der Waals surface area contributed by atoms with E-state index in [9.17, 15) is 4.79 Å². The normalized spacial score (nSPS) is 9.28. The van der Waals surface area contributed by atoms with E-state index in [-0.39, 0.29) is 11.6 Å². The first-order chi connectivity index (χ1) is 8.65. The summed E-state index contributed by atoms with van der Waals surface area (Å²) < 4.78 is 0. The van der Waals surface area contributed by atoms with Crippen molar-refractivity contribution in [2.45, 2.75) is 0 Å². The Morgan fingerprint density at radius 3 is 2.67 bits per heavy atom. The van der Waals surface area contributed by atoms with Crippen molar-refractivity contribution in [1.29, 1.82) is 5.26 Å². The maximum Gasteiger partial charge on any atom is 0.263 e. The molecule has 0 aromatic carbocycles. The van der Waals surface area contributed by atoms with Gasteiger partial charge in [0.25, 0.3) is 5.91 Å². The summed E-state index contributed by atoms with van der Waals surface area (Å²) in [5, 5.41) is 15.2. The lowest BCUT2D eigenvalue weighted by Crippen LogP contribution is -2.23. The van der Waals surface area contributed by atoms with Crippen molar-refractivity contribution in [2.75, 3.05) is 24.1 Å². The standard InChI is InChI=1S/C12H14N4OS/c1-3-5-15-11(17)10-9(14)8(7-13)12(18-10)16-6-4-2/h3-4,16H,1-2,5-6,14H2,(H,15,17). The molecule has 0 aliphatic carbocycles. The monoisotopic (exact) mass is 262 g/mol. The fourth-order valence-corrected chi connectivity index (χ4v) is 2.25. The van der Waals surface area contributed by atoms with Crippen LogP contribution in [0.3, 0.4) is 0 Å². The SMILES string of the molecule is C=CCNC(=O)c1sc(NCC=C)c(C#N)c1N. The van der Waals surface area contributed by atoms with Gasteiger partial charge >= 0.3 is 0 Å². The topological polar surface area (TPSA) is 90.9 Å². The van der Waals surface area contributed by atoms with Crippen molar-refractivity contribution in [2.24, 2.45) is 0 Å². The van der Waals surface area contributed by atoms with E-state index in [4.69, 9.17) is 11.0 Å². The zero-order chi connectivity index (χ0) is 13.5. The second kappa shape index (κ2) is 6.47. The number of carbonyl (C=O) groups is 1. The number of anilines is 2. The third-order valence-corrected chi connectivity index (χ3v) is 3.24. The van der Waals surface area contributed by atoms with Crippen LogP contribution in [0.15, 0.2) is 25.3 Å². The van der Waals surface area contributed by atoms with Crippen LogP contribution in [-0.4, -0.2) is 19.0 Å². The first-order valence-electron chi connectivity index (χ1n) is 5.21. The molecule has 0 aliphatic heterocycles. The number of nitriles is 1. The molecule has 0 saturated heterocycles. The second-order valence-corrected chi connectivity index (χ2v) is 4.35. The van der Waals surface area contributed by atoms with E-state index in [2.05, 4.69) is 23.8 Å². The Morgan fingerprint density at radius 1 is 1.44 bits per heavy atom. The Labute approximate surface area is 110 Å². The Morgan fingerprint density at radius 2 is 2.11 bits per heavy atom. The molecular weight excluding hydrogens is 248 g/mol. The molecule has 1 rings (SSSR count). The van der Waals surface area contributed by atoms with Crippen LogP contribution in [0.1, 0.15) is 15.2 Å².